The Balaban J connectivity index is 1.63. The number of anilines is 1. The summed E-state index contributed by atoms with van der Waals surface area (Å²) >= 11 is 0. The van der Waals surface area contributed by atoms with Crippen molar-refractivity contribution in [1.29, 1.82) is 0 Å². The first-order chi connectivity index (χ1) is 11.5. The Kier molecular flexibility index (Phi) is 3.20. The highest BCUT2D eigenvalue weighted by atomic mass is 16.5. The van der Waals surface area contributed by atoms with Crippen LogP contribution in [0.5, 0.6) is 5.75 Å². The molecule has 1 aliphatic heterocycles. The van der Waals surface area contributed by atoms with Crippen molar-refractivity contribution in [3.63, 3.8) is 0 Å². The molecule has 0 radical (unpaired) electrons. The maximum Gasteiger partial charge on any atom is 0.338 e. The minimum atomic E-state index is -0.537. The van der Waals surface area contributed by atoms with Crippen molar-refractivity contribution in [1.82, 2.24) is 0 Å². The van der Waals surface area contributed by atoms with Gasteiger partial charge in [0, 0.05) is 11.6 Å². The molecule has 2 amide bonds. The molecule has 0 aromatic heterocycles. The van der Waals surface area contributed by atoms with Gasteiger partial charge in [0.05, 0.1) is 17.5 Å². The molecule has 2 aliphatic carbocycles. The Labute approximate surface area is 139 Å². The summed E-state index contributed by atoms with van der Waals surface area (Å²) in [5, 5.41) is 0. The number of carbonyl (C=O) groups is 3. The number of benzene rings is 1. The molecule has 122 valence electrons. The third kappa shape index (κ3) is 2.04. The van der Waals surface area contributed by atoms with Crippen molar-refractivity contribution in [2.24, 2.45) is 23.7 Å². The number of fused-ring (bicyclic) bond motifs is 5. The smallest absolute Gasteiger partial charge is 0.338 e. The first kappa shape index (κ1) is 14.9. The topological polar surface area (TPSA) is 63.7 Å². The minimum Gasteiger partial charge on any atom is -0.423 e. The van der Waals surface area contributed by atoms with E-state index in [1.54, 1.807) is 31.2 Å². The number of rotatable bonds is 3. The zero-order valence-electron chi connectivity index (χ0n) is 13.3. The predicted molar refractivity (Wildman–Crippen MR) is 87.1 cm³/mol. The van der Waals surface area contributed by atoms with E-state index in [4.69, 9.17) is 4.74 Å². The van der Waals surface area contributed by atoms with Gasteiger partial charge in [-0.1, -0.05) is 24.8 Å². The Hall–Kier alpha value is -2.69. The number of ether oxygens (including phenoxy) is 1. The van der Waals surface area contributed by atoms with Crippen LogP contribution >= 0.6 is 0 Å². The summed E-state index contributed by atoms with van der Waals surface area (Å²) in [6.07, 6.45) is 5.02. The highest BCUT2D eigenvalue weighted by molar-refractivity contribution is 6.22. The van der Waals surface area contributed by atoms with Gasteiger partial charge >= 0.3 is 5.97 Å². The maximum absolute atomic E-state index is 12.8. The molecule has 2 fully saturated rings. The predicted octanol–water partition coefficient (Wildman–Crippen LogP) is 2.48. The third-order valence-corrected chi connectivity index (χ3v) is 5.11. The van der Waals surface area contributed by atoms with E-state index in [1.165, 1.54) is 4.90 Å². The minimum absolute atomic E-state index is 0.148. The van der Waals surface area contributed by atoms with Crippen molar-refractivity contribution < 1.29 is 19.1 Å². The van der Waals surface area contributed by atoms with Crippen LogP contribution in [-0.2, 0) is 14.4 Å². The normalized spacial score (nSPS) is 30.0. The molecule has 5 heteroatoms. The molecule has 1 aromatic rings. The van der Waals surface area contributed by atoms with Crippen molar-refractivity contribution in [2.75, 3.05) is 4.90 Å². The number of hydrogen-bond acceptors (Lipinski definition) is 4. The third-order valence-electron chi connectivity index (χ3n) is 5.11. The van der Waals surface area contributed by atoms with E-state index in [2.05, 4.69) is 18.7 Å². The van der Waals surface area contributed by atoms with E-state index in [9.17, 15) is 14.4 Å². The second kappa shape index (κ2) is 5.16. The molecular weight excluding hydrogens is 306 g/mol. The van der Waals surface area contributed by atoms with E-state index in [0.29, 0.717) is 11.4 Å². The molecule has 5 nitrogen and oxygen atoms in total. The number of imide groups is 1. The number of hydrogen-bond donors (Lipinski definition) is 0. The summed E-state index contributed by atoms with van der Waals surface area (Å²) in [7, 11) is 0. The molecule has 0 unspecified atom stereocenters. The lowest BCUT2D eigenvalue weighted by Crippen LogP contribution is -2.32. The Morgan fingerprint density at radius 3 is 2.38 bits per heavy atom. The van der Waals surface area contributed by atoms with Gasteiger partial charge in [-0.3, -0.25) is 9.59 Å². The average Bonchev–Trinajstić information content (AvgIpc) is 3.21. The van der Waals surface area contributed by atoms with E-state index in [1.807, 2.05) is 0 Å². The number of allylic oxidation sites excluding steroid dienone is 2. The molecule has 3 aliphatic rings. The van der Waals surface area contributed by atoms with Crippen LogP contribution in [0.25, 0.3) is 0 Å². The monoisotopic (exact) mass is 323 g/mol. The molecule has 1 heterocycles. The molecule has 1 saturated carbocycles. The quantitative estimate of drug-likeness (QED) is 0.282. The Morgan fingerprint density at radius 1 is 1.17 bits per heavy atom. The summed E-state index contributed by atoms with van der Waals surface area (Å²) in [4.78, 5) is 38.5. The van der Waals surface area contributed by atoms with Crippen LogP contribution in [0.3, 0.4) is 0 Å². The molecule has 1 aromatic carbocycles. The van der Waals surface area contributed by atoms with Gasteiger partial charge < -0.3 is 4.74 Å². The Morgan fingerprint density at radius 2 is 1.79 bits per heavy atom. The molecule has 4 atom stereocenters. The van der Waals surface area contributed by atoms with E-state index in [0.717, 1.165) is 6.42 Å². The molecule has 0 N–H and O–H groups in total. The van der Waals surface area contributed by atoms with Crippen LogP contribution in [0, 0.1) is 23.7 Å². The van der Waals surface area contributed by atoms with Gasteiger partial charge in [-0.2, -0.15) is 0 Å². The van der Waals surface area contributed by atoms with E-state index >= 15 is 0 Å². The van der Waals surface area contributed by atoms with Gasteiger partial charge in [-0.15, -0.1) is 0 Å². The average molecular weight is 323 g/mol. The lowest BCUT2D eigenvalue weighted by molar-refractivity contribution is -0.130. The summed E-state index contributed by atoms with van der Waals surface area (Å²) in [5.41, 5.74) is 0.733. The van der Waals surface area contributed by atoms with Gasteiger partial charge in [0.15, 0.2) is 0 Å². The lowest BCUT2D eigenvalue weighted by Gasteiger charge is -2.18. The van der Waals surface area contributed by atoms with Crippen molar-refractivity contribution in [3.05, 3.63) is 48.6 Å². The van der Waals surface area contributed by atoms with Gasteiger partial charge in [0.25, 0.3) is 0 Å². The summed E-state index contributed by atoms with van der Waals surface area (Å²) < 4.78 is 5.20. The van der Waals surface area contributed by atoms with Gasteiger partial charge in [-0.25, -0.2) is 9.69 Å². The molecule has 0 spiro atoms. The van der Waals surface area contributed by atoms with Crippen LogP contribution in [-0.4, -0.2) is 17.8 Å². The lowest BCUT2D eigenvalue weighted by atomic mass is 9.85. The maximum atomic E-state index is 12.8. The highest BCUT2D eigenvalue weighted by Crippen LogP contribution is 2.53. The zero-order chi connectivity index (χ0) is 17.0. The summed E-state index contributed by atoms with van der Waals surface area (Å²) in [6.45, 7) is 5.10. The first-order valence-corrected chi connectivity index (χ1v) is 8.01. The van der Waals surface area contributed by atoms with Gasteiger partial charge in [0.1, 0.15) is 5.75 Å². The second-order valence-electron chi connectivity index (χ2n) is 6.68. The Bertz CT molecular complexity index is 779. The zero-order valence-corrected chi connectivity index (χ0v) is 13.3. The second-order valence-corrected chi connectivity index (χ2v) is 6.68. The van der Waals surface area contributed by atoms with Gasteiger partial charge in [-0.05, 0) is 37.3 Å². The SMILES string of the molecule is C=C(C)C(=O)Oc1cccc(N2C(=O)[C@H]3[C@H](C2=O)[C@H]2C=C[C@@H]3C2)c1. The van der Waals surface area contributed by atoms with Crippen molar-refractivity contribution >= 4 is 23.5 Å². The largest absolute Gasteiger partial charge is 0.423 e. The number of nitrogens with zero attached hydrogens (tertiary/aromatic N) is 1. The van der Waals surface area contributed by atoms with Gasteiger partial charge in [0.2, 0.25) is 11.8 Å². The summed E-state index contributed by atoms with van der Waals surface area (Å²) in [6, 6.07) is 6.51. The van der Waals surface area contributed by atoms with Crippen LogP contribution in [0.15, 0.2) is 48.6 Å². The first-order valence-electron chi connectivity index (χ1n) is 8.01. The van der Waals surface area contributed by atoms with Crippen LogP contribution < -0.4 is 9.64 Å². The fourth-order valence-electron chi connectivity index (χ4n) is 4.04. The number of amides is 2. The molecular formula is C19H17NO4. The van der Waals surface area contributed by atoms with Crippen molar-refractivity contribution in [3.8, 4) is 5.75 Å². The van der Waals surface area contributed by atoms with Crippen LogP contribution in [0.1, 0.15) is 13.3 Å². The standard InChI is InChI=1S/C19H17NO4/c1-10(2)19(23)24-14-5-3-4-13(9-14)20-17(21)15-11-6-7-12(8-11)16(15)18(20)22/h3-7,9,11-12,15-16H,1,8H2,2H3/t11-,12+,15-,16-/m1/s1. The van der Waals surface area contributed by atoms with Crippen LogP contribution in [0.2, 0.25) is 0 Å². The summed E-state index contributed by atoms with van der Waals surface area (Å²) in [5.74, 6) is -0.681. The number of carbonyl (C=O) groups excluding carboxylic acids is 3. The molecule has 1 saturated heterocycles. The van der Waals surface area contributed by atoms with Crippen molar-refractivity contribution in [2.45, 2.75) is 13.3 Å². The molecule has 4 rings (SSSR count). The molecule has 24 heavy (non-hydrogen) atoms. The van der Waals surface area contributed by atoms with Crippen LogP contribution in [0.4, 0.5) is 5.69 Å². The molecule has 2 bridgehead atoms. The number of esters is 1. The highest BCUT2D eigenvalue weighted by Gasteiger charge is 2.59. The van der Waals surface area contributed by atoms with E-state index < -0.39 is 5.97 Å². The van der Waals surface area contributed by atoms with E-state index in [-0.39, 0.29) is 41.1 Å². The fourth-order valence-corrected chi connectivity index (χ4v) is 4.04. The fraction of sp³-hybridized carbons (Fsp3) is 0.316.